The van der Waals surface area contributed by atoms with E-state index in [4.69, 9.17) is 0 Å². The number of nitrogens with zero attached hydrogens (tertiary/aromatic N) is 1. The number of hydrogen-bond donors (Lipinski definition) is 0. The third kappa shape index (κ3) is 3.18. The summed E-state index contributed by atoms with van der Waals surface area (Å²) < 4.78 is 0.217. The molecule has 0 radical (unpaired) electrons. The minimum Gasteiger partial charge on any atom is -0.249 e. The second-order valence-corrected chi connectivity index (χ2v) is 6.14. The van der Waals surface area contributed by atoms with Crippen molar-refractivity contribution in [1.29, 1.82) is 0 Å². The number of aromatic nitrogens is 1. The summed E-state index contributed by atoms with van der Waals surface area (Å²) in [6, 6.07) is 2.12. The van der Waals surface area contributed by atoms with Crippen LogP contribution in [0.5, 0.6) is 0 Å². The molecule has 0 bridgehead atoms. The molecule has 0 amide bonds. The van der Waals surface area contributed by atoms with E-state index in [2.05, 4.69) is 45.3 Å². The number of pyridine rings is 1. The number of thioether (sulfide) groups is 1. The molecule has 0 aromatic carbocycles. The summed E-state index contributed by atoms with van der Waals surface area (Å²) in [5, 5.41) is 1.08. The molecule has 0 aliphatic rings. The zero-order chi connectivity index (χ0) is 10.8. The third-order valence-corrected chi connectivity index (χ3v) is 2.80. The fourth-order valence-corrected chi connectivity index (χ4v) is 2.09. The van der Waals surface area contributed by atoms with Crippen LogP contribution in [0.3, 0.4) is 0 Å². The average Bonchev–Trinajstić information content (AvgIpc) is 2.01. The Morgan fingerprint density at radius 3 is 2.50 bits per heavy atom. The Balaban J connectivity index is 2.92. The van der Waals surface area contributed by atoms with E-state index in [0.29, 0.717) is 0 Å². The van der Waals surface area contributed by atoms with Gasteiger partial charge in [-0.1, -0.05) is 33.4 Å². The van der Waals surface area contributed by atoms with Gasteiger partial charge in [-0.25, -0.2) is 4.98 Å². The Bertz CT molecular complexity index is 337. The molecule has 1 aromatic rings. The van der Waals surface area contributed by atoms with Crippen molar-refractivity contribution >= 4 is 17.8 Å². The quantitative estimate of drug-likeness (QED) is 0.682. The zero-order valence-corrected chi connectivity index (χ0v) is 10.1. The van der Waals surface area contributed by atoms with Crippen LogP contribution in [0.1, 0.15) is 31.9 Å². The highest BCUT2D eigenvalue weighted by Gasteiger charge is 2.13. The minimum absolute atomic E-state index is 0.217. The Morgan fingerprint density at radius 1 is 1.43 bits per heavy atom. The lowest BCUT2D eigenvalue weighted by molar-refractivity contribution is 0.799. The SMILES string of the molecule is C=Cc1cnc(SC(C)(C)C)cc1C. The minimum atomic E-state index is 0.217. The second-order valence-electron chi connectivity index (χ2n) is 4.30. The van der Waals surface area contributed by atoms with E-state index >= 15 is 0 Å². The molecule has 0 aliphatic heterocycles. The van der Waals surface area contributed by atoms with Crippen LogP contribution in [-0.2, 0) is 0 Å². The predicted molar refractivity (Wildman–Crippen MR) is 64.7 cm³/mol. The largest absolute Gasteiger partial charge is 0.249 e. The van der Waals surface area contributed by atoms with Gasteiger partial charge in [0.1, 0.15) is 0 Å². The highest BCUT2D eigenvalue weighted by Crippen LogP contribution is 2.31. The molecule has 0 spiro atoms. The van der Waals surface area contributed by atoms with E-state index in [1.807, 2.05) is 12.3 Å². The van der Waals surface area contributed by atoms with Gasteiger partial charge in [-0.15, -0.1) is 11.8 Å². The summed E-state index contributed by atoms with van der Waals surface area (Å²) in [4.78, 5) is 4.39. The Kier molecular flexibility index (Phi) is 3.38. The summed E-state index contributed by atoms with van der Waals surface area (Å²) in [6.45, 7) is 12.4. The summed E-state index contributed by atoms with van der Waals surface area (Å²) in [5.41, 5.74) is 2.35. The first-order valence-electron chi connectivity index (χ1n) is 4.70. The fraction of sp³-hybridized carbons (Fsp3) is 0.417. The van der Waals surface area contributed by atoms with Crippen molar-refractivity contribution in [3.05, 3.63) is 30.0 Å². The first-order chi connectivity index (χ1) is 6.42. The number of rotatable bonds is 2. The lowest BCUT2D eigenvalue weighted by atomic mass is 10.2. The van der Waals surface area contributed by atoms with E-state index in [1.54, 1.807) is 11.8 Å². The van der Waals surface area contributed by atoms with Crippen molar-refractivity contribution in [3.63, 3.8) is 0 Å². The number of aryl methyl sites for hydroxylation is 1. The van der Waals surface area contributed by atoms with Gasteiger partial charge in [-0.05, 0) is 24.1 Å². The molecular weight excluding hydrogens is 190 g/mol. The first kappa shape index (κ1) is 11.3. The van der Waals surface area contributed by atoms with Crippen LogP contribution >= 0.6 is 11.8 Å². The van der Waals surface area contributed by atoms with Gasteiger partial charge in [-0.3, -0.25) is 0 Å². The van der Waals surface area contributed by atoms with Crippen molar-refractivity contribution in [2.75, 3.05) is 0 Å². The van der Waals surface area contributed by atoms with Crippen LogP contribution in [-0.4, -0.2) is 9.73 Å². The molecule has 76 valence electrons. The molecule has 0 N–H and O–H groups in total. The summed E-state index contributed by atoms with van der Waals surface area (Å²) in [6.07, 6.45) is 3.73. The molecule has 0 unspecified atom stereocenters. The van der Waals surface area contributed by atoms with Crippen LogP contribution in [0.4, 0.5) is 0 Å². The summed E-state index contributed by atoms with van der Waals surface area (Å²) in [7, 11) is 0. The predicted octanol–water partition coefficient (Wildman–Crippen LogP) is 3.92. The molecule has 0 atom stereocenters. The normalized spacial score (nSPS) is 11.4. The molecule has 1 heterocycles. The van der Waals surface area contributed by atoms with Crippen LogP contribution in [0.2, 0.25) is 0 Å². The lowest BCUT2D eigenvalue weighted by Crippen LogP contribution is -2.07. The monoisotopic (exact) mass is 207 g/mol. The summed E-state index contributed by atoms with van der Waals surface area (Å²) in [5.74, 6) is 0. The van der Waals surface area contributed by atoms with Gasteiger partial charge in [0.25, 0.3) is 0 Å². The van der Waals surface area contributed by atoms with Gasteiger partial charge >= 0.3 is 0 Å². The molecule has 1 aromatic heterocycles. The molecule has 1 nitrogen and oxygen atoms in total. The van der Waals surface area contributed by atoms with E-state index in [-0.39, 0.29) is 4.75 Å². The van der Waals surface area contributed by atoms with E-state index in [1.165, 1.54) is 5.56 Å². The topological polar surface area (TPSA) is 12.9 Å². The standard InChI is InChI=1S/C12H17NS/c1-6-10-8-13-11(7-9(10)2)14-12(3,4)5/h6-8H,1H2,2-5H3. The number of hydrogen-bond acceptors (Lipinski definition) is 2. The summed E-state index contributed by atoms with van der Waals surface area (Å²) >= 11 is 1.79. The maximum atomic E-state index is 4.39. The van der Waals surface area contributed by atoms with Crippen molar-refractivity contribution in [3.8, 4) is 0 Å². The van der Waals surface area contributed by atoms with Gasteiger partial charge in [0, 0.05) is 10.9 Å². The highest BCUT2D eigenvalue weighted by molar-refractivity contribution is 8.00. The van der Waals surface area contributed by atoms with Crippen LogP contribution in [0.15, 0.2) is 23.9 Å². The van der Waals surface area contributed by atoms with Gasteiger partial charge in [0.2, 0.25) is 0 Å². The van der Waals surface area contributed by atoms with Crippen LogP contribution in [0, 0.1) is 6.92 Å². The molecule has 0 saturated heterocycles. The molecule has 0 aliphatic carbocycles. The molecule has 0 saturated carbocycles. The third-order valence-electron chi connectivity index (χ3n) is 1.76. The first-order valence-corrected chi connectivity index (χ1v) is 5.52. The highest BCUT2D eigenvalue weighted by atomic mass is 32.2. The van der Waals surface area contributed by atoms with Crippen molar-refractivity contribution in [2.45, 2.75) is 37.5 Å². The Labute approximate surface area is 90.6 Å². The van der Waals surface area contributed by atoms with Crippen LogP contribution in [0.25, 0.3) is 6.08 Å². The fourth-order valence-electron chi connectivity index (χ4n) is 1.12. The van der Waals surface area contributed by atoms with Gasteiger partial charge in [0.15, 0.2) is 0 Å². The second kappa shape index (κ2) is 4.18. The molecule has 2 heteroatoms. The lowest BCUT2D eigenvalue weighted by Gasteiger charge is -2.17. The molecule has 14 heavy (non-hydrogen) atoms. The van der Waals surface area contributed by atoms with E-state index in [0.717, 1.165) is 10.6 Å². The van der Waals surface area contributed by atoms with Crippen molar-refractivity contribution in [1.82, 2.24) is 4.98 Å². The van der Waals surface area contributed by atoms with Gasteiger partial charge in [0.05, 0.1) is 5.03 Å². The van der Waals surface area contributed by atoms with Crippen molar-refractivity contribution < 1.29 is 0 Å². The van der Waals surface area contributed by atoms with E-state index < -0.39 is 0 Å². The molecule has 0 fully saturated rings. The van der Waals surface area contributed by atoms with Gasteiger partial charge in [-0.2, -0.15) is 0 Å². The average molecular weight is 207 g/mol. The Hall–Kier alpha value is -0.760. The van der Waals surface area contributed by atoms with E-state index in [9.17, 15) is 0 Å². The molecular formula is C12H17NS. The van der Waals surface area contributed by atoms with Gasteiger partial charge < -0.3 is 0 Å². The Morgan fingerprint density at radius 2 is 2.07 bits per heavy atom. The maximum absolute atomic E-state index is 4.39. The van der Waals surface area contributed by atoms with Crippen molar-refractivity contribution in [2.24, 2.45) is 0 Å². The van der Waals surface area contributed by atoms with Crippen LogP contribution < -0.4 is 0 Å². The zero-order valence-electron chi connectivity index (χ0n) is 9.29. The molecule has 1 rings (SSSR count). The maximum Gasteiger partial charge on any atom is 0.0968 e. The smallest absolute Gasteiger partial charge is 0.0968 e.